The molecule has 120 valence electrons. The Morgan fingerprint density at radius 3 is 2.73 bits per heavy atom. The summed E-state index contributed by atoms with van der Waals surface area (Å²) in [7, 11) is -3.13. The van der Waals surface area contributed by atoms with Crippen molar-refractivity contribution >= 4 is 10.0 Å². The van der Waals surface area contributed by atoms with Crippen molar-refractivity contribution in [2.24, 2.45) is 0 Å². The molecule has 0 saturated carbocycles. The zero-order chi connectivity index (χ0) is 16.2. The van der Waals surface area contributed by atoms with Crippen molar-refractivity contribution in [1.29, 1.82) is 0 Å². The van der Waals surface area contributed by atoms with Gasteiger partial charge in [0.1, 0.15) is 0 Å². The van der Waals surface area contributed by atoms with Crippen LogP contribution in [0.1, 0.15) is 41.1 Å². The van der Waals surface area contributed by atoms with E-state index in [4.69, 9.17) is 0 Å². The Labute approximate surface area is 132 Å². The Balaban J connectivity index is 2.16. The van der Waals surface area contributed by atoms with Crippen molar-refractivity contribution < 1.29 is 8.42 Å². The van der Waals surface area contributed by atoms with E-state index in [0.29, 0.717) is 6.54 Å². The lowest BCUT2D eigenvalue weighted by Gasteiger charge is -2.19. The van der Waals surface area contributed by atoms with E-state index in [0.717, 1.165) is 18.5 Å². The average molecular weight is 321 g/mol. The number of aromatic amines is 1. The highest BCUT2D eigenvalue weighted by Gasteiger charge is 2.18. The van der Waals surface area contributed by atoms with Crippen molar-refractivity contribution in [2.45, 2.75) is 32.6 Å². The topological polar surface area (TPSA) is 74.8 Å². The molecular formula is C16H23N3O2S. The van der Waals surface area contributed by atoms with Crippen molar-refractivity contribution in [3.05, 3.63) is 53.1 Å². The van der Waals surface area contributed by atoms with Gasteiger partial charge in [0.05, 0.1) is 12.6 Å². The number of nitrogens with one attached hydrogen (secondary N) is 2. The molecule has 2 rings (SSSR count). The van der Waals surface area contributed by atoms with Crippen LogP contribution in [-0.4, -0.2) is 31.2 Å². The van der Waals surface area contributed by atoms with Crippen LogP contribution in [0.2, 0.25) is 0 Å². The maximum absolute atomic E-state index is 11.1. The summed E-state index contributed by atoms with van der Waals surface area (Å²) in [6, 6.07) is 6.31. The predicted octanol–water partition coefficient (Wildman–Crippen LogP) is 2.49. The number of aryl methyl sites for hydroxylation is 1. The molecule has 2 aromatic rings. The first-order chi connectivity index (χ1) is 10.4. The van der Waals surface area contributed by atoms with Crippen LogP contribution >= 0.6 is 0 Å². The van der Waals surface area contributed by atoms with Gasteiger partial charge in [-0.25, -0.2) is 18.1 Å². The van der Waals surface area contributed by atoms with E-state index < -0.39 is 10.0 Å². The Morgan fingerprint density at radius 2 is 2.09 bits per heavy atom. The number of hydrogen-bond donors (Lipinski definition) is 2. The molecule has 0 bridgehead atoms. The molecule has 22 heavy (non-hydrogen) atoms. The zero-order valence-electron chi connectivity index (χ0n) is 13.3. The number of imidazole rings is 1. The van der Waals surface area contributed by atoms with Gasteiger partial charge in [0, 0.05) is 24.4 Å². The minimum absolute atomic E-state index is 0.198. The third-order valence-electron chi connectivity index (χ3n) is 3.95. The van der Waals surface area contributed by atoms with Crippen LogP contribution in [0.4, 0.5) is 0 Å². The summed E-state index contributed by atoms with van der Waals surface area (Å²) >= 11 is 0. The van der Waals surface area contributed by atoms with E-state index in [2.05, 4.69) is 46.7 Å². The molecule has 0 fully saturated rings. The lowest BCUT2D eigenvalue weighted by Crippen LogP contribution is -2.23. The number of benzene rings is 1. The molecule has 0 aliphatic rings. The van der Waals surface area contributed by atoms with Gasteiger partial charge < -0.3 is 4.98 Å². The van der Waals surface area contributed by atoms with Gasteiger partial charge in [0.15, 0.2) is 0 Å². The van der Waals surface area contributed by atoms with Gasteiger partial charge >= 0.3 is 0 Å². The number of nitrogens with zero attached hydrogens (tertiary/aromatic N) is 1. The second-order valence-corrected chi connectivity index (χ2v) is 7.49. The van der Waals surface area contributed by atoms with Gasteiger partial charge in [-0.15, -0.1) is 0 Å². The normalized spacial score (nSPS) is 13.2. The van der Waals surface area contributed by atoms with E-state index in [9.17, 15) is 8.42 Å². The number of hydrogen-bond acceptors (Lipinski definition) is 3. The number of rotatable bonds is 7. The summed E-state index contributed by atoms with van der Waals surface area (Å²) in [4.78, 5) is 7.31. The molecule has 5 nitrogen and oxygen atoms in total. The van der Waals surface area contributed by atoms with Crippen molar-refractivity contribution in [1.82, 2.24) is 14.7 Å². The quantitative estimate of drug-likeness (QED) is 0.769. The fourth-order valence-electron chi connectivity index (χ4n) is 2.65. The molecule has 1 aromatic heterocycles. The molecule has 0 saturated heterocycles. The Kier molecular flexibility index (Phi) is 5.37. The molecule has 0 amide bonds. The van der Waals surface area contributed by atoms with Crippen LogP contribution in [0, 0.1) is 13.8 Å². The summed E-state index contributed by atoms with van der Waals surface area (Å²) in [5.74, 6) is 0.198. The first-order valence-electron chi connectivity index (χ1n) is 7.37. The molecule has 0 radical (unpaired) electrons. The van der Waals surface area contributed by atoms with Crippen molar-refractivity contribution in [3.8, 4) is 0 Å². The maximum Gasteiger partial charge on any atom is 0.208 e. The molecule has 0 spiro atoms. The average Bonchev–Trinajstić information content (AvgIpc) is 2.95. The minimum atomic E-state index is -3.13. The Bertz CT molecular complexity index is 709. The lowest BCUT2D eigenvalue weighted by atomic mass is 9.87. The fraction of sp³-hybridized carbons (Fsp3) is 0.438. The molecule has 6 heteroatoms. The van der Waals surface area contributed by atoms with Gasteiger partial charge in [0.25, 0.3) is 0 Å². The lowest BCUT2D eigenvalue weighted by molar-refractivity contribution is 0.577. The van der Waals surface area contributed by atoms with Gasteiger partial charge in [-0.05, 0) is 43.4 Å². The highest BCUT2D eigenvalue weighted by molar-refractivity contribution is 7.88. The van der Waals surface area contributed by atoms with E-state index in [1.807, 2.05) is 6.20 Å². The standard InChI is InChI=1S/C16H23N3O2S/c1-12-6-4-7-14(13(12)2)15(16-10-17-11-18-16)8-5-9-19-22(3,20)21/h4,6-7,10-11,15,19H,5,8-9H2,1-3H3,(H,17,18). The van der Waals surface area contributed by atoms with E-state index in [1.54, 1.807) is 6.33 Å². The molecule has 2 N–H and O–H groups in total. The fourth-order valence-corrected chi connectivity index (χ4v) is 3.17. The van der Waals surface area contributed by atoms with Gasteiger partial charge in [0.2, 0.25) is 10.0 Å². The Morgan fingerprint density at radius 1 is 1.32 bits per heavy atom. The smallest absolute Gasteiger partial charge is 0.208 e. The SMILES string of the molecule is Cc1cccc(C(CCCNS(C)(=O)=O)c2cnc[nH]2)c1C. The highest BCUT2D eigenvalue weighted by Crippen LogP contribution is 2.31. The summed E-state index contributed by atoms with van der Waals surface area (Å²) in [6.45, 7) is 4.69. The maximum atomic E-state index is 11.1. The third-order valence-corrected chi connectivity index (χ3v) is 4.68. The van der Waals surface area contributed by atoms with Crippen LogP contribution in [0.15, 0.2) is 30.7 Å². The molecule has 1 heterocycles. The first kappa shape index (κ1) is 16.7. The monoisotopic (exact) mass is 321 g/mol. The number of aromatic nitrogens is 2. The minimum Gasteiger partial charge on any atom is -0.348 e. The van der Waals surface area contributed by atoms with Crippen LogP contribution in [-0.2, 0) is 10.0 Å². The number of H-pyrrole nitrogens is 1. The first-order valence-corrected chi connectivity index (χ1v) is 9.26. The van der Waals surface area contributed by atoms with Crippen LogP contribution in [0.25, 0.3) is 0 Å². The molecule has 1 unspecified atom stereocenters. The second kappa shape index (κ2) is 7.07. The van der Waals surface area contributed by atoms with Crippen molar-refractivity contribution in [2.75, 3.05) is 12.8 Å². The predicted molar refractivity (Wildman–Crippen MR) is 88.4 cm³/mol. The van der Waals surface area contributed by atoms with Crippen LogP contribution in [0.3, 0.4) is 0 Å². The van der Waals surface area contributed by atoms with E-state index in [1.165, 1.54) is 22.9 Å². The number of sulfonamides is 1. The van der Waals surface area contributed by atoms with Gasteiger partial charge in [-0.1, -0.05) is 18.2 Å². The van der Waals surface area contributed by atoms with Gasteiger partial charge in [-0.3, -0.25) is 0 Å². The molecule has 0 aliphatic carbocycles. The largest absolute Gasteiger partial charge is 0.348 e. The van der Waals surface area contributed by atoms with E-state index >= 15 is 0 Å². The Hall–Kier alpha value is -1.66. The van der Waals surface area contributed by atoms with Gasteiger partial charge in [-0.2, -0.15) is 0 Å². The van der Waals surface area contributed by atoms with Crippen molar-refractivity contribution in [3.63, 3.8) is 0 Å². The van der Waals surface area contributed by atoms with Crippen LogP contribution < -0.4 is 4.72 Å². The highest BCUT2D eigenvalue weighted by atomic mass is 32.2. The summed E-state index contributed by atoms with van der Waals surface area (Å²) in [5, 5.41) is 0. The summed E-state index contributed by atoms with van der Waals surface area (Å²) in [6.07, 6.45) is 6.34. The third kappa shape index (κ3) is 4.42. The molecule has 0 aliphatic heterocycles. The van der Waals surface area contributed by atoms with E-state index in [-0.39, 0.29) is 5.92 Å². The summed E-state index contributed by atoms with van der Waals surface area (Å²) < 4.78 is 24.8. The summed E-state index contributed by atoms with van der Waals surface area (Å²) in [5.41, 5.74) is 4.87. The van der Waals surface area contributed by atoms with Crippen LogP contribution in [0.5, 0.6) is 0 Å². The molecule has 1 aromatic carbocycles. The zero-order valence-corrected chi connectivity index (χ0v) is 14.1. The second-order valence-electron chi connectivity index (χ2n) is 5.66. The molecule has 1 atom stereocenters. The molecular weight excluding hydrogens is 298 g/mol.